The zero-order valence-corrected chi connectivity index (χ0v) is 42.1. The van der Waals surface area contributed by atoms with Crippen LogP contribution in [-0.2, 0) is 64.9 Å². The number of benzene rings is 4. The highest BCUT2D eigenvalue weighted by molar-refractivity contribution is 5.93. The van der Waals surface area contributed by atoms with E-state index in [0.29, 0.717) is 103 Å². The van der Waals surface area contributed by atoms with Crippen LogP contribution < -0.4 is 15.6 Å². The first-order valence-electron chi connectivity index (χ1n) is 25.2. The molecule has 11 rings (SSSR count). The van der Waals surface area contributed by atoms with Crippen molar-refractivity contribution in [3.63, 3.8) is 0 Å². The summed E-state index contributed by atoms with van der Waals surface area (Å²) >= 11 is 0. The van der Waals surface area contributed by atoms with Crippen molar-refractivity contribution in [3.8, 4) is 28.6 Å². The monoisotopic (exact) mass is 1010 g/mol. The molecule has 4 aromatic carbocycles. The molecule has 6 aromatic rings. The Morgan fingerprint density at radius 1 is 0.905 bits per heavy atom. The molecule has 1 saturated heterocycles. The van der Waals surface area contributed by atoms with E-state index < -0.39 is 24.1 Å². The van der Waals surface area contributed by atoms with Crippen molar-refractivity contribution in [1.82, 2.24) is 29.6 Å². The van der Waals surface area contributed by atoms with Crippen molar-refractivity contribution in [1.29, 1.82) is 0 Å². The number of aryl methyl sites for hydroxylation is 2. The molecule has 0 spiro atoms. The maximum Gasteiger partial charge on any atom is 0.415 e. The fraction of sp³-hybridized carbons (Fsp3) is 0.368. The van der Waals surface area contributed by atoms with Crippen molar-refractivity contribution >= 4 is 35.5 Å². The molecule has 0 saturated carbocycles. The van der Waals surface area contributed by atoms with E-state index in [9.17, 15) is 34.2 Å². The molecule has 6 heterocycles. The third kappa shape index (κ3) is 9.51. The summed E-state index contributed by atoms with van der Waals surface area (Å²) in [5, 5.41) is 22.5. The molecule has 1 fully saturated rings. The Morgan fingerprint density at radius 3 is 2.38 bits per heavy atom. The number of hydrogen-bond donors (Lipinski definition) is 3. The van der Waals surface area contributed by atoms with Crippen LogP contribution in [0.5, 0.6) is 17.2 Å². The van der Waals surface area contributed by atoms with E-state index in [4.69, 9.17) is 19.2 Å². The molecule has 16 nitrogen and oxygen atoms in total. The van der Waals surface area contributed by atoms with Crippen LogP contribution in [0.3, 0.4) is 0 Å². The van der Waals surface area contributed by atoms with Crippen LogP contribution in [0.1, 0.15) is 118 Å². The molecule has 384 valence electrons. The number of halogens is 1. The van der Waals surface area contributed by atoms with Gasteiger partial charge in [0, 0.05) is 68.9 Å². The number of amides is 3. The molecule has 2 aromatic heterocycles. The zero-order chi connectivity index (χ0) is 52.1. The number of nitrogens with one attached hydrogen (secondary N) is 1. The van der Waals surface area contributed by atoms with Gasteiger partial charge in [0.25, 0.3) is 5.56 Å². The summed E-state index contributed by atoms with van der Waals surface area (Å²) in [6.45, 7) is 14.1. The van der Waals surface area contributed by atoms with Crippen molar-refractivity contribution in [2.24, 2.45) is 0 Å². The van der Waals surface area contributed by atoms with E-state index in [1.165, 1.54) is 28.8 Å². The molecule has 0 radical (unpaired) electrons. The van der Waals surface area contributed by atoms with Gasteiger partial charge in [-0.15, -0.1) is 0 Å². The first-order chi connectivity index (χ1) is 35.6. The molecular weight excluding hydrogens is 948 g/mol. The number of aromatic nitrogens is 2. The van der Waals surface area contributed by atoms with Gasteiger partial charge in [-0.3, -0.25) is 19.3 Å². The van der Waals surface area contributed by atoms with Gasteiger partial charge in [0.1, 0.15) is 36.3 Å². The van der Waals surface area contributed by atoms with Crippen LogP contribution in [0, 0.1) is 19.7 Å². The first-order valence-corrected chi connectivity index (χ1v) is 25.2. The number of alkyl carbamates (subject to hydrolysis) is 1. The highest BCUT2D eigenvalue weighted by Crippen LogP contribution is 2.46. The van der Waals surface area contributed by atoms with E-state index in [0.717, 1.165) is 46.2 Å². The lowest BCUT2D eigenvalue weighted by molar-refractivity contribution is -0.148. The number of piperazine rings is 1. The van der Waals surface area contributed by atoms with Crippen molar-refractivity contribution < 1.29 is 48.0 Å². The number of phenolic OH excluding ortho intramolecular Hbond substituents is 2. The van der Waals surface area contributed by atoms with Gasteiger partial charge in [0.2, 0.25) is 6.41 Å². The minimum Gasteiger partial charge on any atom is -0.508 e. The minimum absolute atomic E-state index is 0.0369. The number of pyridine rings is 2. The van der Waals surface area contributed by atoms with Gasteiger partial charge in [-0.05, 0) is 119 Å². The van der Waals surface area contributed by atoms with Gasteiger partial charge < -0.3 is 44.1 Å². The summed E-state index contributed by atoms with van der Waals surface area (Å²) in [5.41, 5.74) is 11.2. The number of ether oxygens (including phenoxy) is 3. The number of aromatic hydroxyl groups is 2. The highest BCUT2D eigenvalue weighted by atomic mass is 19.1. The topological polar surface area (TPSA) is 193 Å². The average Bonchev–Trinajstić information content (AvgIpc) is 3.98. The molecule has 1 aliphatic carbocycles. The van der Waals surface area contributed by atoms with Crippen molar-refractivity contribution in [2.45, 2.75) is 111 Å². The number of hydrogen-bond acceptors (Lipinski definition) is 12. The fourth-order valence-corrected chi connectivity index (χ4v) is 11.0. The third-order valence-electron chi connectivity index (χ3n) is 15.2. The van der Waals surface area contributed by atoms with Gasteiger partial charge in [0.15, 0.2) is 0 Å². The predicted octanol–water partition coefficient (Wildman–Crippen LogP) is 8.66. The second-order valence-electron chi connectivity index (χ2n) is 20.2. The summed E-state index contributed by atoms with van der Waals surface area (Å²) in [7, 11) is 0. The molecule has 3 N–H and O–H groups in total. The average molecular weight is 1010 g/mol. The molecule has 17 heteroatoms. The van der Waals surface area contributed by atoms with Crippen molar-refractivity contribution in [2.75, 3.05) is 26.2 Å². The number of fused-ring (bicyclic) bond motifs is 6. The molecule has 0 bridgehead atoms. The lowest BCUT2D eigenvalue weighted by Gasteiger charge is -2.34. The van der Waals surface area contributed by atoms with E-state index >= 15 is 4.39 Å². The maximum atomic E-state index is 15.3. The number of carbonyl (C=O) groups excluding carboxylic acids is 4. The number of esters is 1. The van der Waals surface area contributed by atoms with Crippen LogP contribution in [0.25, 0.3) is 22.3 Å². The molecule has 74 heavy (non-hydrogen) atoms. The summed E-state index contributed by atoms with van der Waals surface area (Å²) in [4.78, 5) is 74.9. The van der Waals surface area contributed by atoms with Gasteiger partial charge >= 0.3 is 18.2 Å². The normalized spacial score (nSPS) is 17.4. The molecule has 5 aliphatic rings. The summed E-state index contributed by atoms with van der Waals surface area (Å²) in [6.07, 6.45) is 1.27. The van der Waals surface area contributed by atoms with Crippen LogP contribution in [0.4, 0.5) is 14.0 Å². The summed E-state index contributed by atoms with van der Waals surface area (Å²) in [6, 6.07) is 19.2. The van der Waals surface area contributed by atoms with Crippen molar-refractivity contribution in [3.05, 3.63) is 150 Å². The minimum atomic E-state index is -0.643. The van der Waals surface area contributed by atoms with E-state index in [1.807, 2.05) is 39.8 Å². The molecular formula is C57H59FN6O10. The number of cyclic esters (lactones) is 1. The van der Waals surface area contributed by atoms with E-state index in [2.05, 4.69) is 28.4 Å². The standard InChI is InChI=1S/C47H45FN6O8.C10H14O2/c1-3-32-34-17-40-43-35(22-54(40)44(56)36(34)24-60-45(32)57)42-38(11-10-33-26(2)37(48)18-39(49-43)41(33)42)50-46(58)61-23-27-5-8-31(9-6-27)62-47(59)53-14-12-51(13-15-53)19-28-4-7-29-20-52(25-55)21-30(29)16-28;1-6(2)8-4-7(3)9(11)5-10(8)12/h4-9,16-18,25,32,38H,3,10-15,19-24H2,1-2H3,(H,50,58);4-6,11-12H,1-3H3. The first kappa shape index (κ1) is 49.8. The maximum absolute atomic E-state index is 15.3. The molecule has 3 amide bonds. The molecule has 2 unspecified atom stereocenters. The van der Waals surface area contributed by atoms with Crippen LogP contribution in [-0.4, -0.2) is 85.2 Å². The predicted molar refractivity (Wildman–Crippen MR) is 272 cm³/mol. The number of carbonyl (C=O) groups is 4. The second-order valence-corrected chi connectivity index (χ2v) is 20.2. The van der Waals surface area contributed by atoms with Gasteiger partial charge in [0.05, 0.1) is 41.0 Å². The lowest BCUT2D eigenvalue weighted by Crippen LogP contribution is -2.49. The number of nitrogens with zero attached hydrogens (tertiary/aromatic N) is 5. The Hall–Kier alpha value is -7.79. The Bertz CT molecular complexity index is 3310. The van der Waals surface area contributed by atoms with E-state index in [1.54, 1.807) is 45.6 Å². The van der Waals surface area contributed by atoms with Crippen LogP contribution >= 0.6 is 0 Å². The SMILES string of the molecule is CCC1C(=O)OCc2c1cc1n(c2=O)Cc2c-1nc1cc(F)c(C)c3c1c2C(NC(=O)OCc1ccc(OC(=O)N2CCN(Cc4ccc5c(c4)CN(C=O)C5)CC2)cc1)CC3.Cc1cc(C(C)C)c(O)cc1O. The Kier molecular flexibility index (Phi) is 13.6. The van der Waals surface area contributed by atoms with E-state index in [-0.39, 0.29) is 54.5 Å². The Labute approximate surface area is 427 Å². The fourth-order valence-electron chi connectivity index (χ4n) is 11.0. The molecule has 2 atom stereocenters. The second kappa shape index (κ2) is 20.3. The Morgan fingerprint density at radius 2 is 1.65 bits per heavy atom. The Balaban J connectivity index is 0.000000461. The number of rotatable bonds is 9. The zero-order valence-electron chi connectivity index (χ0n) is 42.1. The summed E-state index contributed by atoms with van der Waals surface area (Å²) in [5.74, 6) is -0.326. The van der Waals surface area contributed by atoms with Gasteiger partial charge in [-0.25, -0.2) is 19.0 Å². The van der Waals surface area contributed by atoms with Crippen LogP contribution in [0.2, 0.25) is 0 Å². The third-order valence-corrected chi connectivity index (χ3v) is 15.2. The van der Waals surface area contributed by atoms with Gasteiger partial charge in [-0.2, -0.15) is 0 Å². The summed E-state index contributed by atoms with van der Waals surface area (Å²) < 4.78 is 33.7. The largest absolute Gasteiger partial charge is 0.508 e. The highest BCUT2D eigenvalue weighted by Gasteiger charge is 2.38. The van der Waals surface area contributed by atoms with Gasteiger partial charge in [-0.1, -0.05) is 51.1 Å². The molecule has 4 aliphatic heterocycles. The lowest BCUT2D eigenvalue weighted by atomic mass is 9.81. The quantitative estimate of drug-likeness (QED) is 0.0922. The van der Waals surface area contributed by atoms with Crippen LogP contribution in [0.15, 0.2) is 71.5 Å². The number of phenols is 2. The smallest absolute Gasteiger partial charge is 0.415 e.